The first kappa shape index (κ1) is 9.72. The molecule has 78 valence electrons. The van der Waals surface area contributed by atoms with Gasteiger partial charge in [-0.3, -0.25) is 0 Å². The first-order chi connectivity index (χ1) is 7.72. The van der Waals surface area contributed by atoms with Crippen molar-refractivity contribution >= 4 is 5.97 Å². The average molecular weight is 216 g/mol. The first-order valence-corrected chi connectivity index (χ1v) is 4.09. The Hall–Kier alpha value is -2.82. The molecule has 0 aliphatic rings. The molecule has 0 unspecified atom stereocenters. The van der Waals surface area contributed by atoms with E-state index in [1.54, 1.807) is 6.07 Å². The second kappa shape index (κ2) is 3.74. The zero-order chi connectivity index (χ0) is 11.5. The highest BCUT2D eigenvalue weighted by atomic mass is 16.4. The van der Waals surface area contributed by atoms with Crippen LogP contribution >= 0.6 is 0 Å². The van der Waals surface area contributed by atoms with Crippen LogP contribution in [-0.2, 0) is 0 Å². The van der Waals surface area contributed by atoms with Crippen molar-refractivity contribution in [3.8, 4) is 11.9 Å². The van der Waals surface area contributed by atoms with Crippen LogP contribution in [0, 0.1) is 11.3 Å². The van der Waals surface area contributed by atoms with E-state index in [0.29, 0.717) is 0 Å². The highest BCUT2D eigenvalue weighted by Crippen LogP contribution is 2.08. The van der Waals surface area contributed by atoms with Crippen molar-refractivity contribution in [1.29, 1.82) is 5.26 Å². The van der Waals surface area contributed by atoms with Crippen LogP contribution in [0.3, 0.4) is 0 Å². The fourth-order valence-electron chi connectivity index (χ4n) is 1.08. The number of hydrogen-bond donors (Lipinski definition) is 1. The second-order valence-electron chi connectivity index (χ2n) is 2.70. The number of nitriles is 1. The van der Waals surface area contributed by atoms with Crippen LogP contribution in [0.1, 0.15) is 16.2 Å². The van der Waals surface area contributed by atoms with Crippen molar-refractivity contribution in [2.24, 2.45) is 0 Å². The fourth-order valence-corrected chi connectivity index (χ4v) is 1.08. The van der Waals surface area contributed by atoms with Gasteiger partial charge >= 0.3 is 5.97 Å². The lowest BCUT2D eigenvalue weighted by Crippen LogP contribution is -2.09. The van der Waals surface area contributed by atoms with Gasteiger partial charge in [0, 0.05) is 0 Å². The molecule has 2 rings (SSSR count). The van der Waals surface area contributed by atoms with E-state index >= 15 is 0 Å². The Bertz CT molecular complexity index is 584. The normalized spacial score (nSPS) is 9.69. The van der Waals surface area contributed by atoms with E-state index in [2.05, 4.69) is 20.3 Å². The molecule has 0 aromatic carbocycles. The molecule has 0 amide bonds. The topological polar surface area (TPSA) is 118 Å². The molecule has 0 aliphatic carbocycles. The smallest absolute Gasteiger partial charge is 0.339 e. The third-order valence-corrected chi connectivity index (χ3v) is 1.74. The summed E-state index contributed by atoms with van der Waals surface area (Å²) in [5.74, 6) is -1.20. The Balaban J connectivity index is 2.56. The molecule has 0 aliphatic heterocycles. The van der Waals surface area contributed by atoms with Crippen LogP contribution in [0.2, 0.25) is 0 Å². The quantitative estimate of drug-likeness (QED) is 0.727. The molecular formula is C8H4N6O2. The van der Waals surface area contributed by atoms with Gasteiger partial charge in [-0.25, -0.2) is 9.78 Å². The zero-order valence-corrected chi connectivity index (χ0v) is 7.77. The van der Waals surface area contributed by atoms with E-state index in [9.17, 15) is 4.79 Å². The Labute approximate surface area is 88.8 Å². The monoisotopic (exact) mass is 216 g/mol. The summed E-state index contributed by atoms with van der Waals surface area (Å²) in [4.78, 5) is 14.5. The number of hydrogen-bond acceptors (Lipinski definition) is 6. The maximum absolute atomic E-state index is 10.9. The standard InChI is InChI=1S/C8H4N6O2/c9-3-6-10-4-14(13-6)7-5(8(15)16)1-2-11-12-7/h1-2,4H,(H,15,16). The minimum absolute atomic E-state index is 0.0176. The average Bonchev–Trinajstić information content (AvgIpc) is 2.77. The van der Waals surface area contributed by atoms with Crippen LogP contribution < -0.4 is 0 Å². The van der Waals surface area contributed by atoms with E-state index in [0.717, 1.165) is 4.68 Å². The number of carboxylic acid groups (broad SMARTS) is 1. The highest BCUT2D eigenvalue weighted by Gasteiger charge is 2.14. The van der Waals surface area contributed by atoms with Crippen LogP contribution in [-0.4, -0.2) is 36.0 Å². The number of carboxylic acids is 1. The number of carbonyl (C=O) groups is 1. The maximum Gasteiger partial charge on any atom is 0.339 e. The predicted molar refractivity (Wildman–Crippen MR) is 48.6 cm³/mol. The van der Waals surface area contributed by atoms with Gasteiger partial charge in [0.15, 0.2) is 5.82 Å². The van der Waals surface area contributed by atoms with Crippen LogP contribution in [0.4, 0.5) is 0 Å². The molecule has 8 heteroatoms. The highest BCUT2D eigenvalue weighted by molar-refractivity contribution is 5.90. The number of aromatic carboxylic acids is 1. The summed E-state index contributed by atoms with van der Waals surface area (Å²) in [6.07, 6.45) is 2.46. The molecule has 0 spiro atoms. The van der Waals surface area contributed by atoms with Crippen LogP contribution in [0.15, 0.2) is 18.6 Å². The molecule has 0 fully saturated rings. The van der Waals surface area contributed by atoms with E-state index in [1.807, 2.05) is 0 Å². The van der Waals surface area contributed by atoms with Crippen molar-refractivity contribution in [3.05, 3.63) is 30.0 Å². The van der Waals surface area contributed by atoms with Crippen molar-refractivity contribution in [2.75, 3.05) is 0 Å². The van der Waals surface area contributed by atoms with Gasteiger partial charge in [-0.2, -0.15) is 15.0 Å². The van der Waals surface area contributed by atoms with E-state index in [4.69, 9.17) is 10.4 Å². The maximum atomic E-state index is 10.9. The Morgan fingerprint density at radius 1 is 1.56 bits per heavy atom. The molecule has 0 bridgehead atoms. The Morgan fingerprint density at radius 3 is 3.00 bits per heavy atom. The van der Waals surface area contributed by atoms with Crippen molar-refractivity contribution < 1.29 is 9.90 Å². The molecule has 1 N–H and O–H groups in total. The molecule has 2 aromatic heterocycles. The summed E-state index contributed by atoms with van der Waals surface area (Å²) < 4.78 is 1.09. The molecule has 2 heterocycles. The lowest BCUT2D eigenvalue weighted by Gasteiger charge is -2.01. The van der Waals surface area contributed by atoms with Gasteiger partial charge in [-0.15, -0.1) is 10.2 Å². The summed E-state index contributed by atoms with van der Waals surface area (Å²) in [5.41, 5.74) is -0.0654. The van der Waals surface area contributed by atoms with Crippen molar-refractivity contribution in [1.82, 2.24) is 25.0 Å². The molecule has 0 saturated heterocycles. The Kier molecular flexibility index (Phi) is 2.27. The Morgan fingerprint density at radius 2 is 2.38 bits per heavy atom. The minimum Gasteiger partial charge on any atom is -0.478 e. The third-order valence-electron chi connectivity index (χ3n) is 1.74. The first-order valence-electron chi connectivity index (χ1n) is 4.09. The summed E-state index contributed by atoms with van der Waals surface area (Å²) in [5, 5.41) is 28.3. The van der Waals surface area contributed by atoms with E-state index in [1.165, 1.54) is 18.6 Å². The third kappa shape index (κ3) is 1.57. The number of nitrogens with zero attached hydrogens (tertiary/aromatic N) is 6. The SMILES string of the molecule is N#Cc1ncn(-c2nnccc2C(=O)O)n1. The lowest BCUT2D eigenvalue weighted by molar-refractivity contribution is 0.0696. The summed E-state index contributed by atoms with van der Waals surface area (Å²) in [6, 6.07) is 3.02. The summed E-state index contributed by atoms with van der Waals surface area (Å²) in [6.45, 7) is 0. The van der Waals surface area contributed by atoms with Gasteiger partial charge in [0.25, 0.3) is 5.82 Å². The van der Waals surface area contributed by atoms with Gasteiger partial charge in [0.2, 0.25) is 0 Å². The van der Waals surface area contributed by atoms with Gasteiger partial charge < -0.3 is 5.11 Å². The van der Waals surface area contributed by atoms with Gasteiger partial charge in [0.05, 0.1) is 6.20 Å². The minimum atomic E-state index is -1.15. The molecule has 2 aromatic rings. The predicted octanol–water partition coefficient (Wildman–Crippen LogP) is -0.373. The molecule has 0 atom stereocenters. The van der Waals surface area contributed by atoms with E-state index < -0.39 is 5.97 Å². The van der Waals surface area contributed by atoms with Crippen molar-refractivity contribution in [3.63, 3.8) is 0 Å². The van der Waals surface area contributed by atoms with Crippen LogP contribution in [0.25, 0.3) is 5.82 Å². The zero-order valence-electron chi connectivity index (χ0n) is 7.77. The number of rotatable bonds is 2. The molecular weight excluding hydrogens is 212 g/mol. The molecule has 0 radical (unpaired) electrons. The van der Waals surface area contributed by atoms with Crippen LogP contribution in [0.5, 0.6) is 0 Å². The van der Waals surface area contributed by atoms with Crippen molar-refractivity contribution in [2.45, 2.75) is 0 Å². The van der Waals surface area contributed by atoms with Gasteiger partial charge in [-0.1, -0.05) is 0 Å². The molecule has 0 saturated carbocycles. The van der Waals surface area contributed by atoms with E-state index in [-0.39, 0.29) is 17.2 Å². The second-order valence-corrected chi connectivity index (χ2v) is 2.70. The lowest BCUT2D eigenvalue weighted by atomic mass is 10.3. The summed E-state index contributed by atoms with van der Waals surface area (Å²) >= 11 is 0. The number of aromatic nitrogens is 5. The summed E-state index contributed by atoms with van der Waals surface area (Å²) in [7, 11) is 0. The molecule has 8 nitrogen and oxygen atoms in total. The fraction of sp³-hybridized carbons (Fsp3) is 0. The van der Waals surface area contributed by atoms with Gasteiger partial charge in [0.1, 0.15) is 18.0 Å². The van der Waals surface area contributed by atoms with Gasteiger partial charge in [-0.05, 0) is 6.07 Å². The largest absolute Gasteiger partial charge is 0.478 e. The molecule has 16 heavy (non-hydrogen) atoms.